The minimum absolute atomic E-state index is 0.110. The molecule has 0 aliphatic carbocycles. The first-order valence-electron chi connectivity index (χ1n) is 6.12. The molecule has 4 N–H and O–H groups in total. The molecule has 0 aromatic rings. The van der Waals surface area contributed by atoms with E-state index in [9.17, 15) is 9.59 Å². The summed E-state index contributed by atoms with van der Waals surface area (Å²) >= 11 is 5.04. The highest BCUT2D eigenvalue weighted by Crippen LogP contribution is 2.30. The van der Waals surface area contributed by atoms with Crippen molar-refractivity contribution in [1.82, 2.24) is 4.90 Å². The smallest absolute Gasteiger partial charge is 0.237 e. The number of thiocarbonyl (C=S) groups is 1. The summed E-state index contributed by atoms with van der Waals surface area (Å²) < 4.78 is 0. The van der Waals surface area contributed by atoms with Gasteiger partial charge in [-0.15, -0.1) is 0 Å². The van der Waals surface area contributed by atoms with E-state index in [4.69, 9.17) is 23.7 Å². The molecule has 0 atom stereocenters. The molecule has 0 bridgehead atoms. The fraction of sp³-hybridized carbons (Fsp3) is 0.750. The van der Waals surface area contributed by atoms with Gasteiger partial charge in [-0.3, -0.25) is 9.59 Å². The Bertz CT molecular complexity index is 338. The Hall–Kier alpha value is -1.17. The van der Waals surface area contributed by atoms with Gasteiger partial charge in [0.25, 0.3) is 0 Å². The van der Waals surface area contributed by atoms with Crippen LogP contribution in [-0.4, -0.2) is 34.3 Å². The van der Waals surface area contributed by atoms with E-state index in [2.05, 4.69) is 0 Å². The summed E-state index contributed by atoms with van der Waals surface area (Å²) in [5.74, 6) is -0.755. The molecule has 0 aromatic heterocycles. The van der Waals surface area contributed by atoms with Crippen molar-refractivity contribution in [3.8, 4) is 0 Å². The maximum Gasteiger partial charge on any atom is 0.237 e. The summed E-state index contributed by atoms with van der Waals surface area (Å²) in [6, 6.07) is -0.128. The van der Waals surface area contributed by atoms with E-state index in [-0.39, 0.29) is 23.5 Å². The van der Waals surface area contributed by atoms with Crippen molar-refractivity contribution in [1.29, 1.82) is 0 Å². The number of carbonyl (C=O) groups excluding carboxylic acids is 2. The number of carbonyl (C=O) groups is 2. The van der Waals surface area contributed by atoms with E-state index in [0.717, 1.165) is 0 Å². The average Bonchev–Trinajstić information content (AvgIpc) is 2.27. The van der Waals surface area contributed by atoms with Gasteiger partial charge in [0.05, 0.1) is 16.9 Å². The molecule has 0 unspecified atom stereocenters. The lowest BCUT2D eigenvalue weighted by molar-refractivity contribution is -0.143. The van der Waals surface area contributed by atoms with Gasteiger partial charge in [0.2, 0.25) is 11.8 Å². The van der Waals surface area contributed by atoms with Gasteiger partial charge in [0.15, 0.2) is 0 Å². The number of rotatable bonds is 7. The first kappa shape index (κ1) is 16.8. The molecule has 0 fully saturated rings. The van der Waals surface area contributed by atoms with Gasteiger partial charge in [0.1, 0.15) is 0 Å². The molecule has 0 radical (unpaired) electrons. The van der Waals surface area contributed by atoms with E-state index in [1.54, 1.807) is 0 Å². The van der Waals surface area contributed by atoms with Crippen molar-refractivity contribution in [2.75, 3.05) is 6.54 Å². The van der Waals surface area contributed by atoms with E-state index in [1.165, 1.54) is 4.90 Å². The van der Waals surface area contributed by atoms with E-state index >= 15 is 0 Å². The van der Waals surface area contributed by atoms with E-state index in [0.29, 0.717) is 12.8 Å². The lowest BCUT2D eigenvalue weighted by Gasteiger charge is -2.36. The summed E-state index contributed by atoms with van der Waals surface area (Å²) in [5, 5.41) is 0. The fourth-order valence-corrected chi connectivity index (χ4v) is 2.31. The maximum absolute atomic E-state index is 12.6. The van der Waals surface area contributed by atoms with Crippen LogP contribution >= 0.6 is 12.2 Å². The molecule has 0 heterocycles. The summed E-state index contributed by atoms with van der Waals surface area (Å²) in [4.78, 5) is 25.3. The van der Waals surface area contributed by atoms with Crippen LogP contribution in [0.3, 0.4) is 0 Å². The zero-order valence-electron chi connectivity index (χ0n) is 11.5. The minimum Gasteiger partial charge on any atom is -0.392 e. The van der Waals surface area contributed by atoms with Gasteiger partial charge in [-0.05, 0) is 26.7 Å². The number of nitrogens with two attached hydrogens (primary N) is 2. The molecule has 0 aromatic carbocycles. The Morgan fingerprint density at radius 2 is 1.67 bits per heavy atom. The van der Waals surface area contributed by atoms with Crippen LogP contribution in [0.1, 0.15) is 40.5 Å². The molecule has 2 amide bonds. The Balaban J connectivity index is 5.39. The number of hydrogen-bond donors (Lipinski definition) is 2. The predicted molar refractivity (Wildman–Crippen MR) is 75.8 cm³/mol. The number of hydrogen-bond acceptors (Lipinski definition) is 3. The second-order valence-electron chi connectivity index (χ2n) is 4.65. The molecule has 0 aliphatic rings. The molecule has 0 aliphatic heterocycles. The molecule has 0 rings (SSSR count). The topological polar surface area (TPSA) is 89.4 Å². The van der Waals surface area contributed by atoms with Gasteiger partial charge in [-0.25, -0.2) is 0 Å². The third-order valence-electron chi connectivity index (χ3n) is 3.30. The Labute approximate surface area is 114 Å². The van der Waals surface area contributed by atoms with Crippen LogP contribution in [-0.2, 0) is 9.59 Å². The third-order valence-corrected chi connectivity index (χ3v) is 3.69. The minimum atomic E-state index is -0.880. The van der Waals surface area contributed by atoms with Crippen molar-refractivity contribution in [2.24, 2.45) is 16.9 Å². The van der Waals surface area contributed by atoms with Crippen LogP contribution in [0.15, 0.2) is 0 Å². The van der Waals surface area contributed by atoms with Crippen molar-refractivity contribution in [3.63, 3.8) is 0 Å². The van der Waals surface area contributed by atoms with Crippen molar-refractivity contribution in [2.45, 2.75) is 46.6 Å². The van der Waals surface area contributed by atoms with E-state index < -0.39 is 11.3 Å². The molecule has 0 spiro atoms. The molecule has 0 saturated heterocycles. The molecule has 0 saturated carbocycles. The Morgan fingerprint density at radius 3 is 1.89 bits per heavy atom. The SMILES string of the molecule is CCC(CC)(C(=O)N(CC(N)=O)C(C)C)C(N)=S. The van der Waals surface area contributed by atoms with E-state index in [1.807, 2.05) is 27.7 Å². The molecule has 5 nitrogen and oxygen atoms in total. The molecule has 18 heavy (non-hydrogen) atoms. The van der Waals surface area contributed by atoms with Gasteiger partial charge in [-0.1, -0.05) is 26.1 Å². The molecular formula is C12H23N3O2S. The second kappa shape index (κ2) is 6.68. The zero-order valence-corrected chi connectivity index (χ0v) is 12.3. The fourth-order valence-electron chi connectivity index (χ4n) is 1.94. The van der Waals surface area contributed by atoms with Gasteiger partial charge in [-0.2, -0.15) is 0 Å². The normalized spacial score (nSPS) is 11.4. The predicted octanol–water partition coefficient (Wildman–Crippen LogP) is 0.801. The average molecular weight is 273 g/mol. The highest BCUT2D eigenvalue weighted by molar-refractivity contribution is 7.80. The first-order valence-corrected chi connectivity index (χ1v) is 6.53. The summed E-state index contributed by atoms with van der Waals surface area (Å²) in [6.45, 7) is 7.28. The number of primary amides is 1. The third kappa shape index (κ3) is 3.41. The first-order chi connectivity index (χ1) is 8.22. The van der Waals surface area contributed by atoms with Crippen LogP contribution < -0.4 is 11.5 Å². The second-order valence-corrected chi connectivity index (χ2v) is 5.09. The Kier molecular flexibility index (Phi) is 6.25. The van der Waals surface area contributed by atoms with Gasteiger partial charge < -0.3 is 16.4 Å². The van der Waals surface area contributed by atoms with Crippen LogP contribution in [0, 0.1) is 5.41 Å². The van der Waals surface area contributed by atoms with Crippen LogP contribution in [0.4, 0.5) is 0 Å². The highest BCUT2D eigenvalue weighted by Gasteiger charge is 2.41. The summed E-state index contributed by atoms with van der Waals surface area (Å²) in [5.41, 5.74) is 10.0. The zero-order chi connectivity index (χ0) is 14.5. The lowest BCUT2D eigenvalue weighted by atomic mass is 9.80. The summed E-state index contributed by atoms with van der Waals surface area (Å²) in [6.07, 6.45) is 1.03. The molecule has 6 heteroatoms. The number of amides is 2. The van der Waals surface area contributed by atoms with Crippen LogP contribution in [0.5, 0.6) is 0 Å². The monoisotopic (exact) mass is 273 g/mol. The lowest BCUT2D eigenvalue weighted by Crippen LogP contribution is -2.54. The summed E-state index contributed by atoms with van der Waals surface area (Å²) in [7, 11) is 0. The Morgan fingerprint density at radius 1 is 1.22 bits per heavy atom. The van der Waals surface area contributed by atoms with Gasteiger partial charge in [0, 0.05) is 6.04 Å². The molecular weight excluding hydrogens is 250 g/mol. The van der Waals surface area contributed by atoms with Crippen molar-refractivity contribution in [3.05, 3.63) is 0 Å². The van der Waals surface area contributed by atoms with Crippen LogP contribution in [0.25, 0.3) is 0 Å². The number of nitrogens with zero attached hydrogens (tertiary/aromatic N) is 1. The van der Waals surface area contributed by atoms with Crippen molar-refractivity contribution < 1.29 is 9.59 Å². The van der Waals surface area contributed by atoms with Crippen LogP contribution in [0.2, 0.25) is 0 Å². The standard InChI is InChI=1S/C12H23N3O2S/c1-5-12(6-2,10(14)18)11(17)15(8(3)4)7-9(13)16/h8H,5-7H2,1-4H3,(H2,13,16)(H2,14,18). The molecule has 104 valence electrons. The highest BCUT2D eigenvalue weighted by atomic mass is 32.1. The quantitative estimate of drug-likeness (QED) is 0.671. The maximum atomic E-state index is 12.6. The largest absolute Gasteiger partial charge is 0.392 e. The van der Waals surface area contributed by atoms with Crippen molar-refractivity contribution >= 4 is 29.0 Å². The van der Waals surface area contributed by atoms with Gasteiger partial charge >= 0.3 is 0 Å².